The molecule has 32 heavy (non-hydrogen) atoms. The Bertz CT molecular complexity index is 1160. The van der Waals surface area contributed by atoms with E-state index in [9.17, 15) is 18.9 Å². The summed E-state index contributed by atoms with van der Waals surface area (Å²) in [5, 5.41) is 2.84. The Kier molecular flexibility index (Phi) is 6.20. The molecule has 0 aliphatic carbocycles. The third-order valence-corrected chi connectivity index (χ3v) is 5.74. The first kappa shape index (κ1) is 21.5. The number of benzene rings is 2. The van der Waals surface area contributed by atoms with E-state index in [1.165, 1.54) is 11.0 Å². The Balaban J connectivity index is 1.83. The number of nitroso groups, excluding NO2 is 1. The van der Waals surface area contributed by atoms with Crippen LogP contribution < -0.4 is 4.90 Å². The molecule has 0 fully saturated rings. The molecule has 8 heteroatoms. The Morgan fingerprint density at radius 1 is 1.09 bits per heavy atom. The van der Waals surface area contributed by atoms with Crippen LogP contribution in [0.5, 0.6) is 0 Å². The molecule has 0 spiro atoms. The van der Waals surface area contributed by atoms with Crippen LogP contribution in [0.1, 0.15) is 35.3 Å². The molecule has 7 nitrogen and oxygen atoms in total. The van der Waals surface area contributed by atoms with Crippen molar-refractivity contribution in [2.75, 3.05) is 18.5 Å². The largest absolute Gasteiger partial charge is 0.315 e. The molecular formula is C24H23FN4O3. The summed E-state index contributed by atoms with van der Waals surface area (Å²) >= 11 is 0. The van der Waals surface area contributed by atoms with Gasteiger partial charge in [0.1, 0.15) is 17.3 Å². The molecule has 0 radical (unpaired) electrons. The topological polar surface area (TPSA) is 84.6 Å². The summed E-state index contributed by atoms with van der Waals surface area (Å²) in [6.07, 6.45) is 0.833. The second-order valence-corrected chi connectivity index (χ2v) is 7.88. The summed E-state index contributed by atoms with van der Waals surface area (Å²) in [7, 11) is 1.58. The van der Waals surface area contributed by atoms with Crippen molar-refractivity contribution in [3.05, 3.63) is 76.6 Å². The minimum absolute atomic E-state index is 0.00618. The van der Waals surface area contributed by atoms with Gasteiger partial charge in [0.15, 0.2) is 11.6 Å². The lowest BCUT2D eigenvalue weighted by molar-refractivity contribution is -0.122. The molecule has 0 saturated carbocycles. The lowest BCUT2D eigenvalue weighted by Gasteiger charge is -2.18. The zero-order valence-electron chi connectivity index (χ0n) is 17.7. The summed E-state index contributed by atoms with van der Waals surface area (Å²) in [6, 6.07) is 15.8. The maximum absolute atomic E-state index is 14.7. The third-order valence-electron chi connectivity index (χ3n) is 5.74. The molecule has 0 bridgehead atoms. The van der Waals surface area contributed by atoms with Gasteiger partial charge >= 0.3 is 0 Å². The van der Waals surface area contributed by atoms with Gasteiger partial charge in [-0.15, -0.1) is 0 Å². The van der Waals surface area contributed by atoms with Gasteiger partial charge in [-0.05, 0) is 30.5 Å². The number of carbonyl (C=O) groups excluding carboxylic acids is 2. The van der Waals surface area contributed by atoms with Crippen LogP contribution in [0.25, 0.3) is 11.4 Å². The van der Waals surface area contributed by atoms with Crippen LogP contribution >= 0.6 is 0 Å². The second-order valence-electron chi connectivity index (χ2n) is 7.88. The summed E-state index contributed by atoms with van der Waals surface area (Å²) < 4.78 is 16.4. The molecule has 3 aromatic rings. The second kappa shape index (κ2) is 9.21. The van der Waals surface area contributed by atoms with Crippen LogP contribution in [0, 0.1) is 16.6 Å². The van der Waals surface area contributed by atoms with Gasteiger partial charge in [-0.2, -0.15) is 4.91 Å². The Morgan fingerprint density at radius 3 is 2.53 bits per heavy atom. The van der Waals surface area contributed by atoms with Gasteiger partial charge < -0.3 is 4.57 Å². The van der Waals surface area contributed by atoms with E-state index in [0.29, 0.717) is 30.9 Å². The van der Waals surface area contributed by atoms with E-state index in [4.69, 9.17) is 0 Å². The van der Waals surface area contributed by atoms with Crippen LogP contribution in [-0.4, -0.2) is 34.8 Å². The predicted molar refractivity (Wildman–Crippen MR) is 119 cm³/mol. The highest BCUT2D eigenvalue weighted by atomic mass is 19.1. The SMILES string of the molecule is CN1C(=O)C(CCCN=O)CC(=O)c2c1nc(-c1ccccc1F)n2Cc1ccccc1. The number of ketones is 1. The average Bonchev–Trinajstić information content (AvgIpc) is 3.13. The minimum Gasteiger partial charge on any atom is -0.315 e. The minimum atomic E-state index is -0.550. The molecule has 2 aromatic carbocycles. The zero-order valence-corrected chi connectivity index (χ0v) is 17.7. The number of nitrogens with zero attached hydrogens (tertiary/aromatic N) is 4. The molecule has 4 rings (SSSR count). The number of hydrogen-bond acceptors (Lipinski definition) is 5. The van der Waals surface area contributed by atoms with Crippen molar-refractivity contribution in [1.29, 1.82) is 0 Å². The Labute approximate surface area is 184 Å². The van der Waals surface area contributed by atoms with Crippen LogP contribution in [-0.2, 0) is 11.3 Å². The first-order valence-electron chi connectivity index (χ1n) is 10.5. The van der Waals surface area contributed by atoms with Crippen molar-refractivity contribution in [2.24, 2.45) is 11.1 Å². The highest BCUT2D eigenvalue weighted by molar-refractivity contribution is 6.09. The van der Waals surface area contributed by atoms with Crippen LogP contribution in [0.15, 0.2) is 59.8 Å². The quantitative estimate of drug-likeness (QED) is 0.406. The fraction of sp³-hybridized carbons (Fsp3) is 0.292. The van der Waals surface area contributed by atoms with E-state index in [2.05, 4.69) is 10.2 Å². The average molecular weight is 434 g/mol. The van der Waals surface area contributed by atoms with Gasteiger partial charge in [0.25, 0.3) is 0 Å². The van der Waals surface area contributed by atoms with Gasteiger partial charge in [0.05, 0.1) is 12.1 Å². The molecule has 1 aliphatic heterocycles. The zero-order chi connectivity index (χ0) is 22.7. The predicted octanol–water partition coefficient (Wildman–Crippen LogP) is 4.45. The monoisotopic (exact) mass is 434 g/mol. The van der Waals surface area contributed by atoms with Gasteiger partial charge in [-0.3, -0.25) is 14.5 Å². The summed E-state index contributed by atoms with van der Waals surface area (Å²) in [4.78, 5) is 42.8. The molecule has 0 saturated heterocycles. The van der Waals surface area contributed by atoms with Gasteiger partial charge in [-0.1, -0.05) is 47.6 Å². The Morgan fingerprint density at radius 2 is 1.81 bits per heavy atom. The maximum Gasteiger partial charge on any atom is 0.231 e. The van der Waals surface area contributed by atoms with Gasteiger partial charge in [0.2, 0.25) is 5.91 Å². The summed E-state index contributed by atoms with van der Waals surface area (Å²) in [5.41, 5.74) is 1.47. The first-order valence-corrected chi connectivity index (χ1v) is 10.5. The number of anilines is 1. The molecule has 2 heterocycles. The molecule has 164 valence electrons. The molecule has 1 atom stereocenters. The number of fused-ring (bicyclic) bond motifs is 1. The summed E-state index contributed by atoms with van der Waals surface area (Å²) in [5.74, 6) is -0.952. The maximum atomic E-state index is 14.7. The number of hydrogen-bond donors (Lipinski definition) is 0. The first-order chi connectivity index (χ1) is 15.5. The van der Waals surface area contributed by atoms with Crippen LogP contribution in [0.4, 0.5) is 10.2 Å². The van der Waals surface area contributed by atoms with Crippen molar-refractivity contribution in [1.82, 2.24) is 9.55 Å². The van der Waals surface area contributed by atoms with E-state index in [1.807, 2.05) is 30.3 Å². The normalized spacial score (nSPS) is 16.1. The van der Waals surface area contributed by atoms with E-state index < -0.39 is 11.7 Å². The molecule has 1 aromatic heterocycles. The Hall–Kier alpha value is -3.68. The van der Waals surface area contributed by atoms with E-state index >= 15 is 0 Å². The third kappa shape index (κ3) is 4.08. The van der Waals surface area contributed by atoms with E-state index in [0.717, 1.165) is 5.56 Å². The molecular weight excluding hydrogens is 411 g/mol. The number of amides is 1. The number of imidazole rings is 1. The lowest BCUT2D eigenvalue weighted by Crippen LogP contribution is -2.32. The number of Topliss-reactive ketones (excluding diaryl/α,β-unsaturated/α-hetero) is 1. The van der Waals surface area contributed by atoms with Crippen molar-refractivity contribution < 1.29 is 14.0 Å². The molecule has 1 unspecified atom stereocenters. The standard InChI is InChI=1S/C24H23FN4O3/c1-28-23-21(20(30)14-17(24(28)31)10-7-13-26-32)29(15-16-8-3-2-4-9-16)22(27-23)18-11-5-6-12-19(18)25/h2-6,8-9,11-12,17H,7,10,13-15H2,1H3. The number of rotatable bonds is 7. The van der Waals surface area contributed by atoms with E-state index in [1.54, 1.807) is 29.8 Å². The molecule has 0 N–H and O–H groups in total. The lowest BCUT2D eigenvalue weighted by atomic mass is 9.96. The number of halogens is 1. The fourth-order valence-corrected chi connectivity index (χ4v) is 4.13. The van der Waals surface area contributed by atoms with E-state index in [-0.39, 0.29) is 36.0 Å². The smallest absolute Gasteiger partial charge is 0.231 e. The van der Waals surface area contributed by atoms with Crippen molar-refractivity contribution in [3.8, 4) is 11.4 Å². The fourth-order valence-electron chi connectivity index (χ4n) is 4.13. The molecule has 1 aliphatic rings. The van der Waals surface area contributed by atoms with Crippen molar-refractivity contribution in [2.45, 2.75) is 25.8 Å². The number of carbonyl (C=O) groups is 2. The highest BCUT2D eigenvalue weighted by Crippen LogP contribution is 2.35. The highest BCUT2D eigenvalue weighted by Gasteiger charge is 2.37. The summed E-state index contributed by atoms with van der Waals surface area (Å²) in [6.45, 7) is 0.408. The van der Waals surface area contributed by atoms with Crippen molar-refractivity contribution in [3.63, 3.8) is 0 Å². The van der Waals surface area contributed by atoms with Crippen LogP contribution in [0.3, 0.4) is 0 Å². The van der Waals surface area contributed by atoms with Crippen LogP contribution in [0.2, 0.25) is 0 Å². The number of aromatic nitrogens is 2. The molecule has 1 amide bonds. The van der Waals surface area contributed by atoms with Gasteiger partial charge in [-0.25, -0.2) is 9.37 Å². The van der Waals surface area contributed by atoms with Crippen molar-refractivity contribution >= 4 is 17.5 Å². The van der Waals surface area contributed by atoms with Gasteiger partial charge in [0, 0.05) is 25.9 Å².